The van der Waals surface area contributed by atoms with Crippen LogP contribution in [-0.2, 0) is 28.6 Å². The maximum Gasteiger partial charge on any atom is 0.306 e. The molecule has 6 heteroatoms. The number of rotatable bonds is 52. The van der Waals surface area contributed by atoms with Gasteiger partial charge in [-0.1, -0.05) is 285 Å². The normalized spacial score (nSPS) is 12.5. The van der Waals surface area contributed by atoms with Crippen molar-refractivity contribution in [3.05, 3.63) is 0 Å². The van der Waals surface area contributed by atoms with Crippen molar-refractivity contribution in [1.82, 2.24) is 0 Å². The number of hydrogen-bond donors (Lipinski definition) is 0. The van der Waals surface area contributed by atoms with Crippen molar-refractivity contribution in [3.63, 3.8) is 0 Å². The van der Waals surface area contributed by atoms with Gasteiger partial charge in [-0.2, -0.15) is 0 Å². The first-order chi connectivity index (χ1) is 31.3. The molecule has 0 aromatic carbocycles. The van der Waals surface area contributed by atoms with Gasteiger partial charge in [0, 0.05) is 19.3 Å². The van der Waals surface area contributed by atoms with Gasteiger partial charge < -0.3 is 14.2 Å². The van der Waals surface area contributed by atoms with Crippen LogP contribution in [0.15, 0.2) is 0 Å². The van der Waals surface area contributed by atoms with Crippen LogP contribution in [0.3, 0.4) is 0 Å². The quantitative estimate of drug-likeness (QED) is 0.0344. The van der Waals surface area contributed by atoms with E-state index in [1.165, 1.54) is 212 Å². The monoisotopic (exact) mass is 905 g/mol. The molecule has 0 spiro atoms. The maximum atomic E-state index is 12.8. The maximum absolute atomic E-state index is 12.8. The highest BCUT2D eigenvalue weighted by Crippen LogP contribution is 2.18. The molecule has 0 amide bonds. The Morgan fingerprint density at radius 3 is 0.891 bits per heavy atom. The molecule has 64 heavy (non-hydrogen) atoms. The molecule has 2 atom stereocenters. The summed E-state index contributed by atoms with van der Waals surface area (Å²) in [5.74, 6) is 0.813. The zero-order chi connectivity index (χ0) is 46.8. The minimum absolute atomic E-state index is 0.0636. The smallest absolute Gasteiger partial charge is 0.306 e. The molecule has 0 heterocycles. The van der Waals surface area contributed by atoms with E-state index in [2.05, 4.69) is 34.6 Å². The molecule has 6 nitrogen and oxygen atoms in total. The van der Waals surface area contributed by atoms with E-state index in [1.54, 1.807) is 0 Å². The fourth-order valence-corrected chi connectivity index (χ4v) is 8.84. The molecule has 0 saturated carbocycles. The summed E-state index contributed by atoms with van der Waals surface area (Å²) in [6.45, 7) is 11.4. The van der Waals surface area contributed by atoms with Gasteiger partial charge >= 0.3 is 17.9 Å². The van der Waals surface area contributed by atoms with Gasteiger partial charge in [0.2, 0.25) is 0 Å². The summed E-state index contributed by atoms with van der Waals surface area (Å²) < 4.78 is 16.9. The van der Waals surface area contributed by atoms with Crippen molar-refractivity contribution < 1.29 is 28.6 Å². The Morgan fingerprint density at radius 2 is 0.594 bits per heavy atom. The highest BCUT2D eigenvalue weighted by Gasteiger charge is 2.19. The second-order valence-corrected chi connectivity index (χ2v) is 20.6. The largest absolute Gasteiger partial charge is 0.462 e. The van der Waals surface area contributed by atoms with Gasteiger partial charge in [-0.25, -0.2) is 0 Å². The van der Waals surface area contributed by atoms with Crippen molar-refractivity contribution in [1.29, 1.82) is 0 Å². The van der Waals surface area contributed by atoms with Gasteiger partial charge in [0.15, 0.2) is 6.10 Å². The lowest BCUT2D eigenvalue weighted by molar-refractivity contribution is -0.167. The van der Waals surface area contributed by atoms with Crippen molar-refractivity contribution in [2.24, 2.45) is 11.8 Å². The van der Waals surface area contributed by atoms with Crippen molar-refractivity contribution >= 4 is 17.9 Å². The third-order valence-electron chi connectivity index (χ3n) is 13.6. The van der Waals surface area contributed by atoms with Crippen molar-refractivity contribution in [3.8, 4) is 0 Å². The molecule has 380 valence electrons. The summed E-state index contributed by atoms with van der Waals surface area (Å²) in [4.78, 5) is 38.1. The second-order valence-electron chi connectivity index (χ2n) is 20.6. The third kappa shape index (κ3) is 49.8. The topological polar surface area (TPSA) is 78.9 Å². The number of carbonyl (C=O) groups excluding carboxylic acids is 3. The van der Waals surface area contributed by atoms with Crippen LogP contribution in [0, 0.1) is 11.8 Å². The second kappa shape index (κ2) is 50.8. The van der Waals surface area contributed by atoms with Crippen LogP contribution in [0.5, 0.6) is 0 Å². The first kappa shape index (κ1) is 62.4. The van der Waals surface area contributed by atoms with E-state index in [9.17, 15) is 14.4 Å². The molecule has 1 unspecified atom stereocenters. The van der Waals surface area contributed by atoms with Gasteiger partial charge in [-0.15, -0.1) is 0 Å². The van der Waals surface area contributed by atoms with Crippen LogP contribution in [-0.4, -0.2) is 37.2 Å². The lowest BCUT2D eigenvalue weighted by atomic mass is 10.00. The molecule has 0 rings (SSSR count). The molecule has 0 aliphatic carbocycles. The first-order valence-corrected chi connectivity index (χ1v) is 28.8. The average Bonchev–Trinajstić information content (AvgIpc) is 3.28. The van der Waals surface area contributed by atoms with Gasteiger partial charge in [-0.05, 0) is 31.1 Å². The Bertz CT molecular complexity index is 980. The van der Waals surface area contributed by atoms with Crippen LogP contribution in [0.25, 0.3) is 0 Å². The van der Waals surface area contributed by atoms with Gasteiger partial charge in [0.05, 0.1) is 0 Å². The lowest BCUT2D eigenvalue weighted by Gasteiger charge is -2.18. The van der Waals surface area contributed by atoms with E-state index in [0.717, 1.165) is 69.6 Å². The molecule has 0 fully saturated rings. The fraction of sp³-hybridized carbons (Fsp3) is 0.948. The molecule has 0 aliphatic rings. The molecule has 0 aromatic rings. The molecule has 0 N–H and O–H groups in total. The van der Waals surface area contributed by atoms with Crippen LogP contribution in [0.4, 0.5) is 0 Å². The zero-order valence-electron chi connectivity index (χ0n) is 43.9. The van der Waals surface area contributed by atoms with E-state index in [-0.39, 0.29) is 31.1 Å². The Kier molecular flexibility index (Phi) is 49.6. The fourth-order valence-electron chi connectivity index (χ4n) is 8.84. The molecular weight excluding hydrogens is 793 g/mol. The molecule has 0 aromatic heterocycles. The van der Waals surface area contributed by atoms with Crippen LogP contribution >= 0.6 is 0 Å². The summed E-state index contributed by atoms with van der Waals surface area (Å²) in [5.41, 5.74) is 0. The summed E-state index contributed by atoms with van der Waals surface area (Å²) >= 11 is 0. The molecular formula is C58H112O6. The number of ether oxygens (including phenoxy) is 3. The van der Waals surface area contributed by atoms with Crippen molar-refractivity contribution in [2.75, 3.05) is 13.2 Å². The molecule has 0 radical (unpaired) electrons. The van der Waals surface area contributed by atoms with Gasteiger partial charge in [0.25, 0.3) is 0 Å². The number of hydrogen-bond acceptors (Lipinski definition) is 6. The molecule has 0 saturated heterocycles. The number of esters is 3. The number of carbonyl (C=O) groups is 3. The Hall–Kier alpha value is -1.59. The summed E-state index contributed by atoms with van der Waals surface area (Å²) in [6, 6.07) is 0. The summed E-state index contributed by atoms with van der Waals surface area (Å²) in [7, 11) is 0. The zero-order valence-corrected chi connectivity index (χ0v) is 43.9. The van der Waals surface area contributed by atoms with Crippen LogP contribution < -0.4 is 0 Å². The Balaban J connectivity index is 4.24. The van der Waals surface area contributed by atoms with Gasteiger partial charge in [0.1, 0.15) is 13.2 Å². The molecule has 0 aliphatic heterocycles. The van der Waals surface area contributed by atoms with Crippen LogP contribution in [0.1, 0.15) is 324 Å². The third-order valence-corrected chi connectivity index (χ3v) is 13.6. The Labute approximate surface area is 399 Å². The van der Waals surface area contributed by atoms with Gasteiger partial charge in [-0.3, -0.25) is 14.4 Å². The highest BCUT2D eigenvalue weighted by molar-refractivity contribution is 5.71. The molecule has 0 bridgehead atoms. The average molecular weight is 906 g/mol. The highest BCUT2D eigenvalue weighted by atomic mass is 16.6. The lowest BCUT2D eigenvalue weighted by Crippen LogP contribution is -2.30. The first-order valence-electron chi connectivity index (χ1n) is 28.8. The minimum atomic E-state index is -0.763. The van der Waals surface area contributed by atoms with E-state index >= 15 is 0 Å². The predicted molar refractivity (Wildman–Crippen MR) is 275 cm³/mol. The van der Waals surface area contributed by atoms with Crippen molar-refractivity contribution in [2.45, 2.75) is 330 Å². The number of unbranched alkanes of at least 4 members (excludes halogenated alkanes) is 36. The SMILES string of the molecule is CCCCCCCCCCCCCCCCCCCCCC(=O)OC[C@@H](COC(=O)CCCCCCCCC(C)CC)OC(=O)CCCCCCCCCCCCCCCCC(C)C. The van der Waals surface area contributed by atoms with E-state index in [1.807, 2.05) is 0 Å². The van der Waals surface area contributed by atoms with E-state index in [0.29, 0.717) is 19.3 Å². The Morgan fingerprint density at radius 1 is 0.328 bits per heavy atom. The predicted octanol–water partition coefficient (Wildman–Crippen LogP) is 18.9. The van der Waals surface area contributed by atoms with Crippen LogP contribution in [0.2, 0.25) is 0 Å². The summed E-state index contributed by atoms with van der Waals surface area (Å²) in [6.07, 6.45) is 53.9. The standard InChI is InChI=1S/C58H112O6/c1-6-8-9-10-11-12-13-14-15-16-17-18-19-23-26-29-32-38-43-48-56(59)62-51-55(52-63-57(60)49-44-39-35-34-37-42-47-54(5)7-2)64-58(61)50-45-40-33-30-27-24-21-20-22-25-28-31-36-41-46-53(3)4/h53-55H,6-52H2,1-5H3/t54?,55-/m0/s1. The van der Waals surface area contributed by atoms with E-state index < -0.39 is 6.10 Å². The summed E-state index contributed by atoms with van der Waals surface area (Å²) in [5, 5.41) is 0. The minimum Gasteiger partial charge on any atom is -0.462 e. The van der Waals surface area contributed by atoms with E-state index in [4.69, 9.17) is 14.2 Å².